The van der Waals surface area contributed by atoms with Crippen LogP contribution in [-0.2, 0) is 4.79 Å². The van der Waals surface area contributed by atoms with E-state index in [2.05, 4.69) is 16.4 Å². The van der Waals surface area contributed by atoms with E-state index in [0.29, 0.717) is 5.92 Å². The first kappa shape index (κ1) is 13.9. The Labute approximate surface area is 125 Å². The number of benzene rings is 1. The van der Waals surface area contributed by atoms with E-state index in [1.54, 1.807) is 6.92 Å². The molecule has 4 heteroatoms. The van der Waals surface area contributed by atoms with Gasteiger partial charge in [-0.3, -0.25) is 9.78 Å². The Hall–Kier alpha value is -2.10. The summed E-state index contributed by atoms with van der Waals surface area (Å²) in [5, 5.41) is 4.73. The maximum atomic E-state index is 11.3. The van der Waals surface area contributed by atoms with Crippen LogP contribution in [0.4, 0.5) is 5.69 Å². The van der Waals surface area contributed by atoms with Gasteiger partial charge in [0.1, 0.15) is 0 Å². The molecule has 1 N–H and O–H groups in total. The van der Waals surface area contributed by atoms with Gasteiger partial charge in [0, 0.05) is 43.8 Å². The van der Waals surface area contributed by atoms with Gasteiger partial charge in [0.05, 0.1) is 5.52 Å². The topological polar surface area (TPSA) is 45.2 Å². The van der Waals surface area contributed by atoms with Gasteiger partial charge in [-0.2, -0.15) is 0 Å². The van der Waals surface area contributed by atoms with Gasteiger partial charge in [0.15, 0.2) is 0 Å². The van der Waals surface area contributed by atoms with Gasteiger partial charge in [-0.1, -0.05) is 18.2 Å². The molecule has 110 valence electrons. The van der Waals surface area contributed by atoms with Crippen molar-refractivity contribution >= 4 is 22.5 Å². The number of amides is 1. The number of anilines is 1. The molecule has 0 saturated carbocycles. The summed E-state index contributed by atoms with van der Waals surface area (Å²) in [6.07, 6.45) is 4.01. The van der Waals surface area contributed by atoms with E-state index >= 15 is 0 Å². The summed E-state index contributed by atoms with van der Waals surface area (Å²) in [4.78, 5) is 17.7. The van der Waals surface area contributed by atoms with Crippen molar-refractivity contribution in [1.82, 2.24) is 9.88 Å². The normalized spacial score (nSPS) is 16.1. The number of rotatable bonds is 3. The number of hydrogen-bond donors (Lipinski definition) is 1. The SMILES string of the molecule is CC(=O)N1CCC(CNc2ccnc3ccccc23)CC1. The molecule has 0 spiro atoms. The number of carbonyl (C=O) groups is 1. The van der Waals surface area contributed by atoms with E-state index in [4.69, 9.17) is 0 Å². The average Bonchev–Trinajstić information content (AvgIpc) is 2.53. The highest BCUT2D eigenvalue weighted by Crippen LogP contribution is 2.23. The van der Waals surface area contributed by atoms with Gasteiger partial charge < -0.3 is 10.2 Å². The number of nitrogens with one attached hydrogen (secondary N) is 1. The van der Waals surface area contributed by atoms with Crippen molar-refractivity contribution in [3.63, 3.8) is 0 Å². The fourth-order valence-electron chi connectivity index (χ4n) is 2.96. The van der Waals surface area contributed by atoms with Crippen LogP contribution in [0.2, 0.25) is 0 Å². The fourth-order valence-corrected chi connectivity index (χ4v) is 2.96. The van der Waals surface area contributed by atoms with E-state index in [0.717, 1.165) is 43.7 Å². The molecule has 0 radical (unpaired) electrons. The van der Waals surface area contributed by atoms with Crippen LogP contribution >= 0.6 is 0 Å². The summed E-state index contributed by atoms with van der Waals surface area (Å²) in [7, 11) is 0. The molecule has 0 atom stereocenters. The monoisotopic (exact) mass is 283 g/mol. The van der Waals surface area contributed by atoms with Gasteiger partial charge in [0.25, 0.3) is 0 Å². The molecule has 1 aliphatic rings. The molecular weight excluding hydrogens is 262 g/mol. The smallest absolute Gasteiger partial charge is 0.219 e. The zero-order chi connectivity index (χ0) is 14.7. The highest BCUT2D eigenvalue weighted by Gasteiger charge is 2.20. The zero-order valence-corrected chi connectivity index (χ0v) is 12.4. The van der Waals surface area contributed by atoms with E-state index in [-0.39, 0.29) is 5.91 Å². The fraction of sp³-hybridized carbons (Fsp3) is 0.412. The quantitative estimate of drug-likeness (QED) is 0.942. The number of carbonyl (C=O) groups excluding carboxylic acids is 1. The van der Waals surface area contributed by atoms with Crippen molar-refractivity contribution < 1.29 is 4.79 Å². The highest BCUT2D eigenvalue weighted by atomic mass is 16.2. The Balaban J connectivity index is 1.61. The number of hydrogen-bond acceptors (Lipinski definition) is 3. The van der Waals surface area contributed by atoms with Crippen LogP contribution in [0.5, 0.6) is 0 Å². The molecule has 2 aromatic rings. The van der Waals surface area contributed by atoms with Crippen molar-refractivity contribution in [3.8, 4) is 0 Å². The number of piperidine rings is 1. The number of aromatic nitrogens is 1. The molecule has 3 rings (SSSR count). The van der Waals surface area contributed by atoms with E-state index in [9.17, 15) is 4.79 Å². The summed E-state index contributed by atoms with van der Waals surface area (Å²) in [5.41, 5.74) is 2.17. The van der Waals surface area contributed by atoms with Gasteiger partial charge >= 0.3 is 0 Å². The molecule has 0 aliphatic carbocycles. The van der Waals surface area contributed by atoms with E-state index < -0.39 is 0 Å². The zero-order valence-electron chi connectivity index (χ0n) is 12.4. The minimum Gasteiger partial charge on any atom is -0.384 e. The number of para-hydroxylation sites is 1. The molecule has 1 aromatic heterocycles. The van der Waals surface area contributed by atoms with Gasteiger partial charge in [-0.15, -0.1) is 0 Å². The molecule has 1 saturated heterocycles. The maximum absolute atomic E-state index is 11.3. The number of fused-ring (bicyclic) bond motifs is 1. The van der Waals surface area contributed by atoms with Crippen LogP contribution in [-0.4, -0.2) is 35.4 Å². The van der Waals surface area contributed by atoms with E-state index in [1.165, 1.54) is 5.39 Å². The van der Waals surface area contributed by atoms with Crippen LogP contribution in [0.1, 0.15) is 19.8 Å². The van der Waals surface area contributed by atoms with Gasteiger partial charge in [-0.25, -0.2) is 0 Å². The molecule has 0 bridgehead atoms. The summed E-state index contributed by atoms with van der Waals surface area (Å²) >= 11 is 0. The van der Waals surface area contributed by atoms with Crippen molar-refractivity contribution in [3.05, 3.63) is 36.5 Å². The van der Waals surface area contributed by atoms with Crippen molar-refractivity contribution in [1.29, 1.82) is 0 Å². The van der Waals surface area contributed by atoms with Gasteiger partial charge in [-0.05, 0) is 30.9 Å². The van der Waals surface area contributed by atoms with Crippen LogP contribution in [0.15, 0.2) is 36.5 Å². The Bertz CT molecular complexity index is 627. The standard InChI is InChI=1S/C17H21N3O/c1-13(21)20-10-7-14(8-11-20)12-19-17-6-9-18-16-5-3-2-4-15(16)17/h2-6,9,14H,7-8,10-12H2,1H3,(H,18,19). The molecule has 4 nitrogen and oxygen atoms in total. The van der Waals surface area contributed by atoms with Crippen molar-refractivity contribution in [2.45, 2.75) is 19.8 Å². The molecule has 1 aliphatic heterocycles. The summed E-state index contributed by atoms with van der Waals surface area (Å²) in [6.45, 7) is 4.39. The van der Waals surface area contributed by atoms with Crippen LogP contribution < -0.4 is 5.32 Å². The Morgan fingerprint density at radius 2 is 2.05 bits per heavy atom. The Morgan fingerprint density at radius 1 is 1.29 bits per heavy atom. The van der Waals surface area contributed by atoms with Crippen LogP contribution in [0, 0.1) is 5.92 Å². The lowest BCUT2D eigenvalue weighted by atomic mass is 9.96. The van der Waals surface area contributed by atoms with E-state index in [1.807, 2.05) is 35.4 Å². The predicted octanol–water partition coefficient (Wildman–Crippen LogP) is 2.91. The first-order valence-electron chi connectivity index (χ1n) is 7.57. The average molecular weight is 283 g/mol. The third kappa shape index (κ3) is 3.15. The van der Waals surface area contributed by atoms with Crippen LogP contribution in [0.3, 0.4) is 0 Å². The lowest BCUT2D eigenvalue weighted by molar-refractivity contribution is -0.130. The second kappa shape index (κ2) is 6.12. The second-order valence-electron chi connectivity index (χ2n) is 5.71. The first-order chi connectivity index (χ1) is 10.2. The predicted molar refractivity (Wildman–Crippen MR) is 85.2 cm³/mol. The highest BCUT2D eigenvalue weighted by molar-refractivity contribution is 5.90. The Kier molecular flexibility index (Phi) is 4.04. The largest absolute Gasteiger partial charge is 0.384 e. The molecule has 1 amide bonds. The van der Waals surface area contributed by atoms with Gasteiger partial charge in [0.2, 0.25) is 5.91 Å². The summed E-state index contributed by atoms with van der Waals surface area (Å²) < 4.78 is 0. The maximum Gasteiger partial charge on any atom is 0.219 e. The third-order valence-electron chi connectivity index (χ3n) is 4.29. The minimum atomic E-state index is 0.196. The van der Waals surface area contributed by atoms with Crippen molar-refractivity contribution in [2.24, 2.45) is 5.92 Å². The lowest BCUT2D eigenvalue weighted by Crippen LogP contribution is -2.38. The molecule has 1 fully saturated rings. The molecule has 2 heterocycles. The summed E-state index contributed by atoms with van der Waals surface area (Å²) in [5.74, 6) is 0.828. The van der Waals surface area contributed by atoms with Crippen LogP contribution in [0.25, 0.3) is 10.9 Å². The number of nitrogens with zero attached hydrogens (tertiary/aromatic N) is 2. The number of pyridine rings is 1. The number of likely N-dealkylation sites (tertiary alicyclic amines) is 1. The molecular formula is C17H21N3O. The second-order valence-corrected chi connectivity index (χ2v) is 5.71. The molecule has 0 unspecified atom stereocenters. The molecule has 21 heavy (non-hydrogen) atoms. The van der Waals surface area contributed by atoms with Crippen molar-refractivity contribution in [2.75, 3.05) is 25.0 Å². The Morgan fingerprint density at radius 3 is 2.81 bits per heavy atom. The lowest BCUT2D eigenvalue weighted by Gasteiger charge is -2.31. The third-order valence-corrected chi connectivity index (χ3v) is 4.29. The molecule has 1 aromatic carbocycles. The minimum absolute atomic E-state index is 0.196. The first-order valence-corrected chi connectivity index (χ1v) is 7.57. The summed E-state index contributed by atoms with van der Waals surface area (Å²) in [6, 6.07) is 10.2.